The van der Waals surface area contributed by atoms with Gasteiger partial charge >= 0.3 is 0 Å². The molecule has 0 spiro atoms. The van der Waals surface area contributed by atoms with E-state index >= 15 is 0 Å². The Kier molecular flexibility index (Phi) is 2.95. The number of hydrogen-bond acceptors (Lipinski definition) is 4. The Balaban J connectivity index is 2.11. The predicted molar refractivity (Wildman–Crippen MR) is 78.4 cm³/mol. The molecule has 0 fully saturated rings. The summed E-state index contributed by atoms with van der Waals surface area (Å²) in [5.41, 5.74) is 8.05. The third kappa shape index (κ3) is 2.14. The lowest BCUT2D eigenvalue weighted by molar-refractivity contribution is 0.628. The average molecular weight is 268 g/mol. The second-order valence-electron chi connectivity index (χ2n) is 4.51. The molecule has 3 aromatic rings. The van der Waals surface area contributed by atoms with Crippen LogP contribution in [0.15, 0.2) is 48.8 Å². The molecule has 5 heteroatoms. The highest BCUT2D eigenvalue weighted by molar-refractivity contribution is 5.92. The first kappa shape index (κ1) is 12.3. The van der Waals surface area contributed by atoms with Gasteiger partial charge in [-0.15, -0.1) is 0 Å². The van der Waals surface area contributed by atoms with E-state index in [1.54, 1.807) is 18.2 Å². The van der Waals surface area contributed by atoms with Crippen LogP contribution in [0.25, 0.3) is 10.9 Å². The third-order valence-corrected chi connectivity index (χ3v) is 3.17. The zero-order valence-corrected chi connectivity index (χ0v) is 10.9. The molecule has 2 aromatic carbocycles. The standard InChI is InChI=1S/C15H13FN4/c1-20(12-5-2-10(16)3-6-12)15-13-7-4-11(17)8-14(13)18-9-19-15/h2-9H,17H2,1H3. The molecule has 0 aliphatic carbocycles. The molecule has 3 rings (SSSR count). The zero-order valence-electron chi connectivity index (χ0n) is 10.9. The Labute approximate surface area is 115 Å². The van der Waals surface area contributed by atoms with Gasteiger partial charge in [-0.3, -0.25) is 0 Å². The number of nitrogen functional groups attached to an aromatic ring is 1. The first-order chi connectivity index (χ1) is 9.65. The summed E-state index contributed by atoms with van der Waals surface area (Å²) < 4.78 is 13.0. The Bertz CT molecular complexity index is 755. The van der Waals surface area contributed by atoms with Gasteiger partial charge in [-0.1, -0.05) is 0 Å². The SMILES string of the molecule is CN(c1ccc(F)cc1)c1ncnc2cc(N)ccc12. The van der Waals surface area contributed by atoms with Gasteiger partial charge < -0.3 is 10.6 Å². The molecular formula is C15H13FN4. The van der Waals surface area contributed by atoms with Crippen LogP contribution in [0, 0.1) is 5.82 Å². The minimum atomic E-state index is -0.262. The van der Waals surface area contributed by atoms with Gasteiger partial charge in [0.15, 0.2) is 0 Å². The van der Waals surface area contributed by atoms with E-state index < -0.39 is 0 Å². The normalized spacial score (nSPS) is 10.7. The Morgan fingerprint density at radius 3 is 2.55 bits per heavy atom. The van der Waals surface area contributed by atoms with Crippen molar-refractivity contribution < 1.29 is 4.39 Å². The number of nitrogens with two attached hydrogens (primary N) is 1. The molecule has 2 N–H and O–H groups in total. The van der Waals surface area contributed by atoms with E-state index in [2.05, 4.69) is 9.97 Å². The van der Waals surface area contributed by atoms with Crippen molar-refractivity contribution in [3.63, 3.8) is 0 Å². The molecule has 0 bridgehead atoms. The second kappa shape index (κ2) is 4.77. The molecule has 0 aliphatic rings. The summed E-state index contributed by atoms with van der Waals surface area (Å²) >= 11 is 0. The molecular weight excluding hydrogens is 255 g/mol. The molecule has 0 saturated heterocycles. The van der Waals surface area contributed by atoms with E-state index in [1.165, 1.54) is 18.5 Å². The van der Waals surface area contributed by atoms with Gasteiger partial charge in [0.25, 0.3) is 0 Å². The first-order valence-corrected chi connectivity index (χ1v) is 6.15. The molecule has 0 saturated carbocycles. The zero-order chi connectivity index (χ0) is 14.1. The number of aromatic nitrogens is 2. The number of anilines is 3. The number of benzene rings is 2. The van der Waals surface area contributed by atoms with Gasteiger partial charge in [0.2, 0.25) is 0 Å². The molecule has 1 heterocycles. The Hall–Kier alpha value is -2.69. The van der Waals surface area contributed by atoms with Gasteiger partial charge in [-0.2, -0.15) is 0 Å². The fourth-order valence-electron chi connectivity index (χ4n) is 2.11. The molecule has 0 radical (unpaired) electrons. The summed E-state index contributed by atoms with van der Waals surface area (Å²) in [7, 11) is 1.88. The van der Waals surface area contributed by atoms with E-state index in [1.807, 2.05) is 24.1 Å². The lowest BCUT2D eigenvalue weighted by atomic mass is 10.2. The third-order valence-electron chi connectivity index (χ3n) is 3.17. The number of nitrogens with zero attached hydrogens (tertiary/aromatic N) is 3. The molecule has 100 valence electrons. The van der Waals surface area contributed by atoms with Crippen molar-refractivity contribution in [2.45, 2.75) is 0 Å². The van der Waals surface area contributed by atoms with Crippen LogP contribution in [0.2, 0.25) is 0 Å². The minimum Gasteiger partial charge on any atom is -0.399 e. The maximum atomic E-state index is 13.0. The number of hydrogen-bond donors (Lipinski definition) is 1. The summed E-state index contributed by atoms with van der Waals surface area (Å²) in [6, 6.07) is 11.8. The Morgan fingerprint density at radius 2 is 1.80 bits per heavy atom. The summed E-state index contributed by atoms with van der Waals surface area (Å²) in [5.74, 6) is 0.490. The van der Waals surface area contributed by atoms with Gasteiger partial charge in [-0.25, -0.2) is 14.4 Å². The smallest absolute Gasteiger partial charge is 0.144 e. The second-order valence-corrected chi connectivity index (χ2v) is 4.51. The van der Waals surface area contributed by atoms with Crippen molar-refractivity contribution in [1.29, 1.82) is 0 Å². The van der Waals surface area contributed by atoms with Crippen LogP contribution in [-0.4, -0.2) is 17.0 Å². The van der Waals surface area contributed by atoms with Crippen LogP contribution < -0.4 is 10.6 Å². The van der Waals surface area contributed by atoms with Crippen LogP contribution >= 0.6 is 0 Å². The highest BCUT2D eigenvalue weighted by Gasteiger charge is 2.10. The van der Waals surface area contributed by atoms with Crippen molar-refractivity contribution in [3.05, 3.63) is 54.6 Å². The molecule has 1 aromatic heterocycles. The van der Waals surface area contributed by atoms with Crippen molar-refractivity contribution in [1.82, 2.24) is 9.97 Å². The van der Waals surface area contributed by atoms with Crippen molar-refractivity contribution in [2.24, 2.45) is 0 Å². The van der Waals surface area contributed by atoms with Crippen molar-refractivity contribution in [3.8, 4) is 0 Å². The Morgan fingerprint density at radius 1 is 1.05 bits per heavy atom. The van der Waals surface area contributed by atoms with E-state index in [0.29, 0.717) is 5.69 Å². The van der Waals surface area contributed by atoms with Gasteiger partial charge in [-0.05, 0) is 42.5 Å². The summed E-state index contributed by atoms with van der Waals surface area (Å²) in [5, 5.41) is 0.897. The summed E-state index contributed by atoms with van der Waals surface area (Å²) in [6.07, 6.45) is 1.50. The van der Waals surface area contributed by atoms with Gasteiger partial charge in [0, 0.05) is 23.8 Å². The van der Waals surface area contributed by atoms with Crippen LogP contribution in [-0.2, 0) is 0 Å². The largest absolute Gasteiger partial charge is 0.399 e. The monoisotopic (exact) mass is 268 g/mol. The molecule has 0 aliphatic heterocycles. The molecule has 0 amide bonds. The first-order valence-electron chi connectivity index (χ1n) is 6.15. The number of fused-ring (bicyclic) bond motifs is 1. The minimum absolute atomic E-state index is 0.262. The van der Waals surface area contributed by atoms with Gasteiger partial charge in [0.05, 0.1) is 5.52 Å². The van der Waals surface area contributed by atoms with Crippen LogP contribution in [0.5, 0.6) is 0 Å². The van der Waals surface area contributed by atoms with E-state index in [9.17, 15) is 4.39 Å². The average Bonchev–Trinajstić information content (AvgIpc) is 2.46. The van der Waals surface area contributed by atoms with Crippen LogP contribution in [0.4, 0.5) is 21.6 Å². The molecule has 0 unspecified atom stereocenters. The maximum Gasteiger partial charge on any atom is 0.144 e. The maximum absolute atomic E-state index is 13.0. The van der Waals surface area contributed by atoms with E-state index in [-0.39, 0.29) is 5.82 Å². The van der Waals surface area contributed by atoms with E-state index in [4.69, 9.17) is 5.73 Å². The lowest BCUT2D eigenvalue weighted by Gasteiger charge is -2.19. The summed E-state index contributed by atoms with van der Waals surface area (Å²) in [4.78, 5) is 10.4. The fraction of sp³-hybridized carbons (Fsp3) is 0.0667. The topological polar surface area (TPSA) is 55.0 Å². The van der Waals surface area contributed by atoms with Crippen LogP contribution in [0.3, 0.4) is 0 Å². The van der Waals surface area contributed by atoms with Crippen LogP contribution in [0.1, 0.15) is 0 Å². The van der Waals surface area contributed by atoms with E-state index in [0.717, 1.165) is 22.4 Å². The van der Waals surface area contributed by atoms with Crippen molar-refractivity contribution in [2.75, 3.05) is 17.7 Å². The summed E-state index contributed by atoms with van der Waals surface area (Å²) in [6.45, 7) is 0. The lowest BCUT2D eigenvalue weighted by Crippen LogP contribution is -2.12. The fourth-order valence-corrected chi connectivity index (χ4v) is 2.11. The highest BCUT2D eigenvalue weighted by Crippen LogP contribution is 2.28. The molecule has 20 heavy (non-hydrogen) atoms. The highest BCUT2D eigenvalue weighted by atomic mass is 19.1. The molecule has 4 nitrogen and oxygen atoms in total. The predicted octanol–water partition coefficient (Wildman–Crippen LogP) is 3.12. The molecule has 0 atom stereocenters. The van der Waals surface area contributed by atoms with Gasteiger partial charge in [0.1, 0.15) is 18.0 Å². The van der Waals surface area contributed by atoms with Crippen molar-refractivity contribution >= 4 is 28.1 Å². The number of halogens is 1. The quantitative estimate of drug-likeness (QED) is 0.725. The number of rotatable bonds is 2.